The van der Waals surface area contributed by atoms with E-state index >= 15 is 0 Å². The minimum Gasteiger partial charge on any atom is -0.405 e. The second-order valence-corrected chi connectivity index (χ2v) is 4.55. The van der Waals surface area contributed by atoms with Crippen LogP contribution in [-0.4, -0.2) is 16.5 Å². The van der Waals surface area contributed by atoms with Crippen molar-refractivity contribution in [1.82, 2.24) is 9.97 Å². The summed E-state index contributed by atoms with van der Waals surface area (Å²) in [5.41, 5.74) is 15.4. The van der Waals surface area contributed by atoms with Gasteiger partial charge in [-0.05, 0) is 37.3 Å². The highest BCUT2D eigenvalue weighted by molar-refractivity contribution is 5.68. The number of nitrogens with zero attached hydrogens (tertiary/aromatic N) is 2. The monoisotopic (exact) mass is 269 g/mol. The first-order chi connectivity index (χ1) is 9.61. The van der Waals surface area contributed by atoms with E-state index in [1.165, 1.54) is 17.3 Å². The van der Waals surface area contributed by atoms with E-state index in [0.29, 0.717) is 12.4 Å². The Morgan fingerprint density at radius 2 is 2.05 bits per heavy atom. The zero-order valence-electron chi connectivity index (χ0n) is 11.7. The van der Waals surface area contributed by atoms with Gasteiger partial charge in [-0.25, -0.2) is 4.98 Å². The third-order valence-electron chi connectivity index (χ3n) is 3.16. The molecule has 0 amide bonds. The molecular weight excluding hydrogens is 250 g/mol. The first-order valence-corrected chi connectivity index (χ1v) is 6.43. The molecule has 1 aromatic heterocycles. The summed E-state index contributed by atoms with van der Waals surface area (Å²) in [6, 6.07) is 8.02. The number of aromatic nitrogens is 2. The van der Waals surface area contributed by atoms with Crippen molar-refractivity contribution >= 4 is 11.8 Å². The smallest absolute Gasteiger partial charge is 0.222 e. The molecule has 0 saturated carbocycles. The number of nitrogens with two attached hydrogens (primary N) is 2. The Morgan fingerprint density at radius 1 is 1.25 bits per heavy atom. The predicted molar refractivity (Wildman–Crippen MR) is 83.2 cm³/mol. The quantitative estimate of drug-likeness (QED) is 0.792. The van der Waals surface area contributed by atoms with Crippen LogP contribution in [0.3, 0.4) is 0 Å². The number of hydrogen-bond donors (Lipinski definition) is 3. The fourth-order valence-electron chi connectivity index (χ4n) is 1.95. The lowest BCUT2D eigenvalue weighted by Crippen LogP contribution is -2.05. The summed E-state index contributed by atoms with van der Waals surface area (Å²) < 4.78 is 0. The van der Waals surface area contributed by atoms with Crippen molar-refractivity contribution in [3.05, 3.63) is 47.7 Å². The van der Waals surface area contributed by atoms with Crippen LogP contribution in [0.25, 0.3) is 11.3 Å². The Labute approximate surface area is 118 Å². The first kappa shape index (κ1) is 13.9. The van der Waals surface area contributed by atoms with E-state index in [2.05, 4.69) is 35.2 Å². The van der Waals surface area contributed by atoms with Gasteiger partial charge < -0.3 is 16.8 Å². The lowest BCUT2D eigenvalue weighted by atomic mass is 10.0. The minimum absolute atomic E-state index is 0.252. The lowest BCUT2D eigenvalue weighted by molar-refractivity contribution is 1.15. The number of nitrogen functional groups attached to an aromatic ring is 1. The van der Waals surface area contributed by atoms with Gasteiger partial charge >= 0.3 is 0 Å². The fourth-order valence-corrected chi connectivity index (χ4v) is 1.95. The first-order valence-electron chi connectivity index (χ1n) is 6.43. The summed E-state index contributed by atoms with van der Waals surface area (Å²) in [6.07, 6.45) is 3.29. The molecule has 5 heteroatoms. The Bertz CT molecular complexity index is 634. The summed E-state index contributed by atoms with van der Waals surface area (Å²) in [5, 5.41) is 3.13. The zero-order valence-corrected chi connectivity index (χ0v) is 11.7. The molecule has 0 aliphatic heterocycles. The second-order valence-electron chi connectivity index (χ2n) is 4.55. The van der Waals surface area contributed by atoms with E-state index in [1.54, 1.807) is 6.08 Å². The number of hydrogen-bond acceptors (Lipinski definition) is 5. The summed E-state index contributed by atoms with van der Waals surface area (Å²) >= 11 is 0. The van der Waals surface area contributed by atoms with Gasteiger partial charge in [-0.2, -0.15) is 4.98 Å². The highest BCUT2D eigenvalue weighted by Crippen LogP contribution is 2.25. The van der Waals surface area contributed by atoms with Crippen molar-refractivity contribution < 1.29 is 0 Å². The lowest BCUT2D eigenvalue weighted by Gasteiger charge is -2.10. The topological polar surface area (TPSA) is 89.8 Å². The Morgan fingerprint density at radius 3 is 2.80 bits per heavy atom. The maximum absolute atomic E-state index is 5.78. The number of benzene rings is 1. The van der Waals surface area contributed by atoms with Crippen molar-refractivity contribution in [1.29, 1.82) is 0 Å². The van der Waals surface area contributed by atoms with E-state index in [1.807, 2.05) is 18.2 Å². The average Bonchev–Trinajstić information content (AvgIpc) is 2.41. The molecule has 0 saturated heterocycles. The summed E-state index contributed by atoms with van der Waals surface area (Å²) in [4.78, 5) is 8.48. The maximum atomic E-state index is 5.78. The second kappa shape index (κ2) is 6.06. The van der Waals surface area contributed by atoms with Crippen molar-refractivity contribution in [2.45, 2.75) is 13.8 Å². The highest BCUT2D eigenvalue weighted by atomic mass is 15.1. The molecule has 1 aromatic carbocycles. The molecule has 5 nitrogen and oxygen atoms in total. The molecule has 0 radical (unpaired) electrons. The molecule has 0 aliphatic carbocycles. The molecule has 0 fully saturated rings. The molecule has 20 heavy (non-hydrogen) atoms. The van der Waals surface area contributed by atoms with Crippen LogP contribution in [0.15, 0.2) is 36.5 Å². The van der Waals surface area contributed by atoms with Crippen LogP contribution in [0.1, 0.15) is 11.1 Å². The molecule has 0 aliphatic rings. The summed E-state index contributed by atoms with van der Waals surface area (Å²) in [6.45, 7) is 4.75. The van der Waals surface area contributed by atoms with Gasteiger partial charge in [0.05, 0.1) is 5.69 Å². The van der Waals surface area contributed by atoms with Gasteiger partial charge in [-0.1, -0.05) is 18.2 Å². The normalized spacial score (nSPS) is 10.9. The summed E-state index contributed by atoms with van der Waals surface area (Å²) in [7, 11) is 0. The largest absolute Gasteiger partial charge is 0.405 e. The van der Waals surface area contributed by atoms with Crippen LogP contribution < -0.4 is 16.8 Å². The van der Waals surface area contributed by atoms with E-state index < -0.39 is 0 Å². The molecule has 1 heterocycles. The fraction of sp³-hybridized carbons (Fsp3) is 0.200. The molecule has 0 unspecified atom stereocenters. The van der Waals surface area contributed by atoms with E-state index in [4.69, 9.17) is 11.5 Å². The molecule has 5 N–H and O–H groups in total. The van der Waals surface area contributed by atoms with Crippen molar-refractivity contribution in [3.63, 3.8) is 0 Å². The van der Waals surface area contributed by atoms with Crippen LogP contribution in [-0.2, 0) is 0 Å². The van der Waals surface area contributed by atoms with Crippen LogP contribution in [0.4, 0.5) is 11.8 Å². The number of anilines is 2. The van der Waals surface area contributed by atoms with Gasteiger partial charge in [-0.15, -0.1) is 0 Å². The third-order valence-corrected chi connectivity index (χ3v) is 3.16. The van der Waals surface area contributed by atoms with Gasteiger partial charge in [-0.3, -0.25) is 0 Å². The number of aryl methyl sites for hydroxylation is 1. The van der Waals surface area contributed by atoms with Gasteiger partial charge in [0.1, 0.15) is 5.82 Å². The minimum atomic E-state index is 0.252. The van der Waals surface area contributed by atoms with Crippen LogP contribution >= 0.6 is 0 Å². The van der Waals surface area contributed by atoms with Crippen LogP contribution in [0, 0.1) is 13.8 Å². The van der Waals surface area contributed by atoms with E-state index in [9.17, 15) is 0 Å². The summed E-state index contributed by atoms with van der Waals surface area (Å²) in [5.74, 6) is 0.939. The molecule has 2 aromatic rings. The third kappa shape index (κ3) is 3.06. The molecule has 0 spiro atoms. The Hall–Kier alpha value is -2.56. The highest BCUT2D eigenvalue weighted by Gasteiger charge is 2.08. The van der Waals surface area contributed by atoms with Crippen LogP contribution in [0.2, 0.25) is 0 Å². The van der Waals surface area contributed by atoms with Gasteiger partial charge in [0.25, 0.3) is 0 Å². The molecule has 2 rings (SSSR count). The van der Waals surface area contributed by atoms with Crippen molar-refractivity contribution in [2.24, 2.45) is 5.73 Å². The molecule has 0 atom stereocenters. The average molecular weight is 269 g/mol. The number of nitrogens with one attached hydrogen (secondary N) is 1. The Balaban J connectivity index is 2.39. The van der Waals surface area contributed by atoms with E-state index in [0.717, 1.165) is 11.3 Å². The molecular formula is C15H19N5. The van der Waals surface area contributed by atoms with E-state index in [-0.39, 0.29) is 5.95 Å². The molecule has 0 bridgehead atoms. The van der Waals surface area contributed by atoms with Crippen molar-refractivity contribution in [2.75, 3.05) is 17.6 Å². The maximum Gasteiger partial charge on any atom is 0.222 e. The van der Waals surface area contributed by atoms with Crippen LogP contribution in [0.5, 0.6) is 0 Å². The number of rotatable bonds is 4. The van der Waals surface area contributed by atoms with Gasteiger partial charge in [0.2, 0.25) is 5.95 Å². The predicted octanol–water partition coefficient (Wildman–Crippen LogP) is 2.23. The zero-order chi connectivity index (χ0) is 14.5. The van der Waals surface area contributed by atoms with Gasteiger partial charge in [0.15, 0.2) is 0 Å². The SMILES string of the molecule is Cc1cccc(-c2cc(NCC=CN)nc(N)n2)c1C. The molecule has 104 valence electrons. The Kier molecular flexibility index (Phi) is 4.20. The van der Waals surface area contributed by atoms with Crippen molar-refractivity contribution in [3.8, 4) is 11.3 Å². The van der Waals surface area contributed by atoms with Gasteiger partial charge in [0, 0.05) is 18.2 Å². The standard InChI is InChI=1S/C15H19N5/c1-10-5-3-6-12(11(10)2)13-9-14(18-8-4-7-16)20-15(17)19-13/h3-7,9H,8,16H2,1-2H3,(H3,17,18,19,20).